The maximum absolute atomic E-state index is 12.7. The van der Waals surface area contributed by atoms with Crippen LogP contribution in [-0.2, 0) is 0 Å². The van der Waals surface area contributed by atoms with Gasteiger partial charge in [-0.15, -0.1) is 0 Å². The van der Waals surface area contributed by atoms with Crippen molar-refractivity contribution in [3.63, 3.8) is 0 Å². The number of hydrogen-bond donors (Lipinski definition) is 3. The number of nitrogen functional groups attached to an aromatic ring is 1. The molecule has 0 heterocycles. The van der Waals surface area contributed by atoms with Gasteiger partial charge in [-0.1, -0.05) is 0 Å². The van der Waals surface area contributed by atoms with Crippen molar-refractivity contribution in [3.8, 4) is 0 Å². The molecule has 0 unspecified atom stereocenters. The predicted molar refractivity (Wildman–Crippen MR) is 46.8 cm³/mol. The monoisotopic (exact) mass is 169 g/mol. The standard InChI is InChI=1S/C8H12FN3/c9-5-1-2-7(11)6(3-5)8(12)4-10/h1-3,8H,4,10-12H2/t8-/m1/s1. The lowest BCUT2D eigenvalue weighted by Gasteiger charge is -2.11. The third-order valence-corrected chi connectivity index (χ3v) is 1.70. The summed E-state index contributed by atoms with van der Waals surface area (Å²) in [4.78, 5) is 0. The normalized spacial score (nSPS) is 12.9. The van der Waals surface area contributed by atoms with Crippen LogP contribution in [0, 0.1) is 5.82 Å². The molecule has 66 valence electrons. The summed E-state index contributed by atoms with van der Waals surface area (Å²) in [5, 5.41) is 0. The Balaban J connectivity index is 3.04. The van der Waals surface area contributed by atoms with Gasteiger partial charge in [0.2, 0.25) is 0 Å². The van der Waals surface area contributed by atoms with Crippen LogP contribution in [-0.4, -0.2) is 6.54 Å². The zero-order valence-electron chi connectivity index (χ0n) is 6.63. The molecule has 1 atom stereocenters. The van der Waals surface area contributed by atoms with Crippen molar-refractivity contribution < 1.29 is 4.39 Å². The van der Waals surface area contributed by atoms with Crippen LogP contribution in [0.2, 0.25) is 0 Å². The highest BCUT2D eigenvalue weighted by atomic mass is 19.1. The van der Waals surface area contributed by atoms with Crippen molar-refractivity contribution in [1.82, 2.24) is 0 Å². The summed E-state index contributed by atoms with van der Waals surface area (Å²) in [5.41, 5.74) is 17.5. The molecule has 0 aliphatic heterocycles. The van der Waals surface area contributed by atoms with Crippen LogP contribution in [0.4, 0.5) is 10.1 Å². The van der Waals surface area contributed by atoms with E-state index in [1.807, 2.05) is 0 Å². The van der Waals surface area contributed by atoms with Crippen LogP contribution in [0.3, 0.4) is 0 Å². The maximum atomic E-state index is 12.7. The van der Waals surface area contributed by atoms with Crippen LogP contribution in [0.25, 0.3) is 0 Å². The van der Waals surface area contributed by atoms with E-state index >= 15 is 0 Å². The second kappa shape index (κ2) is 3.51. The van der Waals surface area contributed by atoms with Gasteiger partial charge in [0.25, 0.3) is 0 Å². The molecule has 0 amide bonds. The van der Waals surface area contributed by atoms with Gasteiger partial charge in [0.1, 0.15) is 5.82 Å². The van der Waals surface area contributed by atoms with E-state index in [2.05, 4.69) is 0 Å². The first-order chi connectivity index (χ1) is 5.65. The Hall–Kier alpha value is -1.13. The number of rotatable bonds is 2. The third-order valence-electron chi connectivity index (χ3n) is 1.70. The van der Waals surface area contributed by atoms with Crippen molar-refractivity contribution in [1.29, 1.82) is 0 Å². The van der Waals surface area contributed by atoms with Crippen molar-refractivity contribution in [3.05, 3.63) is 29.6 Å². The average molecular weight is 169 g/mol. The van der Waals surface area contributed by atoms with E-state index in [1.165, 1.54) is 18.2 Å². The number of nitrogens with two attached hydrogens (primary N) is 3. The van der Waals surface area contributed by atoms with Gasteiger partial charge in [0.15, 0.2) is 0 Å². The molecule has 0 aromatic heterocycles. The Morgan fingerprint density at radius 3 is 2.67 bits per heavy atom. The molecule has 1 aromatic carbocycles. The molecule has 1 aromatic rings. The van der Waals surface area contributed by atoms with Gasteiger partial charge in [-0.25, -0.2) is 4.39 Å². The predicted octanol–water partition coefficient (Wildman–Crippen LogP) is 0.366. The van der Waals surface area contributed by atoms with Crippen LogP contribution in [0.1, 0.15) is 11.6 Å². The van der Waals surface area contributed by atoms with E-state index in [4.69, 9.17) is 17.2 Å². The molecule has 0 aliphatic carbocycles. The molecule has 12 heavy (non-hydrogen) atoms. The van der Waals surface area contributed by atoms with Crippen LogP contribution in [0.15, 0.2) is 18.2 Å². The highest BCUT2D eigenvalue weighted by Gasteiger charge is 2.07. The fraction of sp³-hybridized carbons (Fsp3) is 0.250. The summed E-state index contributed by atoms with van der Waals surface area (Å²) in [5.74, 6) is -0.344. The SMILES string of the molecule is NC[C@@H](N)c1cc(F)ccc1N. The number of halogens is 1. The molecular formula is C8H12FN3. The van der Waals surface area contributed by atoms with E-state index in [9.17, 15) is 4.39 Å². The van der Waals surface area contributed by atoms with Gasteiger partial charge in [0, 0.05) is 18.3 Å². The lowest BCUT2D eigenvalue weighted by atomic mass is 10.1. The summed E-state index contributed by atoms with van der Waals surface area (Å²) >= 11 is 0. The molecule has 0 radical (unpaired) electrons. The minimum atomic E-state index is -0.388. The molecule has 0 fully saturated rings. The number of benzene rings is 1. The van der Waals surface area contributed by atoms with Crippen molar-refractivity contribution in [2.45, 2.75) is 6.04 Å². The second-order valence-electron chi connectivity index (χ2n) is 2.62. The summed E-state index contributed by atoms with van der Waals surface area (Å²) in [6.45, 7) is 0.258. The zero-order chi connectivity index (χ0) is 9.14. The van der Waals surface area contributed by atoms with E-state index < -0.39 is 0 Å². The van der Waals surface area contributed by atoms with Gasteiger partial charge in [-0.3, -0.25) is 0 Å². The van der Waals surface area contributed by atoms with E-state index in [0.29, 0.717) is 11.3 Å². The number of hydrogen-bond acceptors (Lipinski definition) is 3. The van der Waals surface area contributed by atoms with Crippen LogP contribution in [0.5, 0.6) is 0 Å². The lowest BCUT2D eigenvalue weighted by Crippen LogP contribution is -2.21. The molecule has 0 saturated carbocycles. The molecule has 1 rings (SSSR count). The van der Waals surface area contributed by atoms with Crippen molar-refractivity contribution in [2.75, 3.05) is 12.3 Å². The second-order valence-corrected chi connectivity index (χ2v) is 2.62. The lowest BCUT2D eigenvalue weighted by molar-refractivity contribution is 0.620. The quantitative estimate of drug-likeness (QED) is 0.559. The molecule has 0 aliphatic rings. The van der Waals surface area contributed by atoms with Crippen molar-refractivity contribution >= 4 is 5.69 Å². The minimum absolute atomic E-state index is 0.258. The smallest absolute Gasteiger partial charge is 0.123 e. The van der Waals surface area contributed by atoms with Crippen molar-refractivity contribution in [2.24, 2.45) is 11.5 Å². The first-order valence-corrected chi connectivity index (χ1v) is 3.65. The van der Waals surface area contributed by atoms with Gasteiger partial charge >= 0.3 is 0 Å². The first kappa shape index (κ1) is 8.96. The molecule has 0 saturated heterocycles. The highest BCUT2D eigenvalue weighted by molar-refractivity contribution is 5.48. The Labute approximate surface area is 70.3 Å². The van der Waals surface area contributed by atoms with Gasteiger partial charge in [0.05, 0.1) is 0 Å². The molecule has 3 nitrogen and oxygen atoms in total. The van der Waals surface area contributed by atoms with Gasteiger partial charge < -0.3 is 17.2 Å². The fourth-order valence-corrected chi connectivity index (χ4v) is 0.994. The Morgan fingerprint density at radius 1 is 1.42 bits per heavy atom. The van der Waals surface area contributed by atoms with Crippen LogP contribution >= 0.6 is 0 Å². The molecule has 4 heteroatoms. The fourth-order valence-electron chi connectivity index (χ4n) is 0.994. The summed E-state index contributed by atoms with van der Waals surface area (Å²) in [7, 11) is 0. The van der Waals surface area contributed by atoms with E-state index in [0.717, 1.165) is 0 Å². The zero-order valence-corrected chi connectivity index (χ0v) is 6.63. The average Bonchev–Trinajstić information content (AvgIpc) is 2.08. The largest absolute Gasteiger partial charge is 0.398 e. The van der Waals surface area contributed by atoms with E-state index in [1.54, 1.807) is 0 Å². The molecule has 0 spiro atoms. The Morgan fingerprint density at radius 2 is 2.08 bits per heavy atom. The Bertz CT molecular complexity index is 275. The molecular weight excluding hydrogens is 157 g/mol. The summed E-state index contributed by atoms with van der Waals surface area (Å²) in [6.07, 6.45) is 0. The third kappa shape index (κ3) is 1.72. The summed E-state index contributed by atoms with van der Waals surface area (Å²) in [6, 6.07) is 3.70. The maximum Gasteiger partial charge on any atom is 0.123 e. The summed E-state index contributed by atoms with van der Waals surface area (Å²) < 4.78 is 12.7. The highest BCUT2D eigenvalue weighted by Crippen LogP contribution is 2.18. The topological polar surface area (TPSA) is 78.1 Å². The van der Waals surface area contributed by atoms with Gasteiger partial charge in [-0.2, -0.15) is 0 Å². The van der Waals surface area contributed by atoms with Gasteiger partial charge in [-0.05, 0) is 23.8 Å². The minimum Gasteiger partial charge on any atom is -0.398 e. The first-order valence-electron chi connectivity index (χ1n) is 3.65. The Kier molecular flexibility index (Phi) is 2.62. The molecule has 6 N–H and O–H groups in total. The number of anilines is 1. The van der Waals surface area contributed by atoms with E-state index in [-0.39, 0.29) is 18.4 Å². The van der Waals surface area contributed by atoms with Crippen LogP contribution < -0.4 is 17.2 Å². The molecule has 0 bridgehead atoms.